The van der Waals surface area contributed by atoms with Gasteiger partial charge in [-0.3, -0.25) is 14.4 Å². The van der Waals surface area contributed by atoms with Crippen LogP contribution in [0.2, 0.25) is 0 Å². The first-order valence-corrected chi connectivity index (χ1v) is 11.2. The van der Waals surface area contributed by atoms with Crippen LogP contribution in [0.1, 0.15) is 72.1 Å². The van der Waals surface area contributed by atoms with Crippen molar-refractivity contribution in [3.63, 3.8) is 0 Å². The van der Waals surface area contributed by atoms with E-state index in [4.69, 9.17) is 5.11 Å². The minimum absolute atomic E-state index is 0.0463. The lowest BCUT2D eigenvalue weighted by Crippen LogP contribution is -2.56. The Bertz CT molecular complexity index is 773. The molecule has 8 atom stereocenters. The van der Waals surface area contributed by atoms with Crippen molar-refractivity contribution in [1.29, 1.82) is 0 Å². The molecule has 5 heteroatoms. The van der Waals surface area contributed by atoms with E-state index in [2.05, 4.69) is 20.8 Å². The van der Waals surface area contributed by atoms with Crippen LogP contribution in [0.3, 0.4) is 0 Å². The third-order valence-electron chi connectivity index (χ3n) is 9.48. The number of hydrogen-bond acceptors (Lipinski definition) is 3. The minimum atomic E-state index is -0.748. The Kier molecular flexibility index (Phi) is 5.02. The van der Waals surface area contributed by atoms with E-state index >= 15 is 0 Å². The van der Waals surface area contributed by atoms with Crippen LogP contribution in [0.5, 0.6) is 0 Å². The number of allylic oxidation sites excluding steroid dienone is 2. The fourth-order valence-electron chi connectivity index (χ4n) is 7.91. The maximum Gasteiger partial charge on any atom is 0.303 e. The van der Waals surface area contributed by atoms with Crippen molar-refractivity contribution in [1.82, 2.24) is 0 Å². The van der Waals surface area contributed by atoms with Gasteiger partial charge in [-0.25, -0.2) is 4.39 Å². The zero-order valence-electron chi connectivity index (χ0n) is 17.7. The molecule has 29 heavy (non-hydrogen) atoms. The summed E-state index contributed by atoms with van der Waals surface area (Å²) in [7, 11) is 0. The van der Waals surface area contributed by atoms with Gasteiger partial charge in [0.15, 0.2) is 11.6 Å². The normalized spacial score (nSPS) is 45.1. The highest BCUT2D eigenvalue weighted by atomic mass is 19.1. The van der Waals surface area contributed by atoms with Crippen LogP contribution in [0.15, 0.2) is 11.9 Å². The summed E-state index contributed by atoms with van der Waals surface area (Å²) in [5.41, 5.74) is -0.365. The number of carboxylic acid groups (broad SMARTS) is 1. The molecule has 0 aliphatic heterocycles. The maximum absolute atomic E-state index is 14.3. The molecule has 0 aromatic carbocycles. The van der Waals surface area contributed by atoms with Gasteiger partial charge in [0.2, 0.25) is 0 Å². The van der Waals surface area contributed by atoms with Gasteiger partial charge in [-0.1, -0.05) is 20.8 Å². The molecule has 4 nitrogen and oxygen atoms in total. The molecule has 4 rings (SSSR count). The number of rotatable bonds is 4. The van der Waals surface area contributed by atoms with Crippen LogP contribution in [0.4, 0.5) is 4.39 Å². The van der Waals surface area contributed by atoms with E-state index in [0.29, 0.717) is 24.7 Å². The average molecular weight is 405 g/mol. The molecule has 4 aliphatic carbocycles. The molecule has 0 aromatic heterocycles. The molecule has 0 radical (unpaired) electrons. The number of carbonyl (C=O) groups excluding carboxylic acids is 2. The topological polar surface area (TPSA) is 71.4 Å². The first-order valence-electron chi connectivity index (χ1n) is 11.2. The molecule has 160 valence electrons. The van der Waals surface area contributed by atoms with E-state index in [1.807, 2.05) is 0 Å². The first kappa shape index (κ1) is 20.7. The number of fused-ring (bicyclic) bond motifs is 5. The van der Waals surface area contributed by atoms with Crippen molar-refractivity contribution in [2.75, 3.05) is 0 Å². The SMILES string of the molecule is C[C@H](CCC(=O)O)[C@H]1CC[C@H]2[C@@H]3C(=O)C[C@@H]4CC(=O)C(F)=C[C@]4(C)[C@H]3CC[C@]12C. The molecule has 0 aromatic rings. The highest BCUT2D eigenvalue weighted by Crippen LogP contribution is 2.67. The molecule has 0 heterocycles. The van der Waals surface area contributed by atoms with E-state index in [1.165, 1.54) is 0 Å². The standard InChI is InChI=1S/C24H33FO4/c1-13(4-7-21(28)29)15-5-6-16-22-17(8-9-23(15,16)2)24(3)12-18(25)19(26)10-14(24)11-20(22)27/h12-17,22H,4-11H2,1-3H3,(H,28,29)/t13-,14+,15-,16+,17+,22+,23-,24+/m1/s1. The number of Topliss-reactive ketones (excluding diaryl/α,β-unsaturated/α-hetero) is 2. The molecular formula is C24H33FO4. The van der Waals surface area contributed by atoms with Gasteiger partial charge in [0, 0.05) is 25.2 Å². The summed E-state index contributed by atoms with van der Waals surface area (Å²) in [4.78, 5) is 36.2. The number of halogens is 1. The van der Waals surface area contributed by atoms with E-state index in [1.54, 1.807) is 6.08 Å². The summed E-state index contributed by atoms with van der Waals surface area (Å²) >= 11 is 0. The minimum Gasteiger partial charge on any atom is -0.481 e. The third-order valence-corrected chi connectivity index (χ3v) is 9.48. The van der Waals surface area contributed by atoms with Gasteiger partial charge in [-0.2, -0.15) is 0 Å². The largest absolute Gasteiger partial charge is 0.481 e. The molecule has 0 bridgehead atoms. The number of carboxylic acids is 1. The molecule has 1 N–H and O–H groups in total. The monoisotopic (exact) mass is 404 g/mol. The van der Waals surface area contributed by atoms with E-state index in [-0.39, 0.29) is 47.7 Å². The lowest BCUT2D eigenvalue weighted by Gasteiger charge is -2.58. The van der Waals surface area contributed by atoms with Crippen molar-refractivity contribution in [3.05, 3.63) is 11.9 Å². The lowest BCUT2D eigenvalue weighted by atomic mass is 9.45. The van der Waals surface area contributed by atoms with Crippen LogP contribution in [0, 0.1) is 46.3 Å². The van der Waals surface area contributed by atoms with Gasteiger partial charge in [-0.05, 0) is 78.6 Å². The summed E-state index contributed by atoms with van der Waals surface area (Å²) < 4.78 is 14.3. The molecule has 0 amide bonds. The van der Waals surface area contributed by atoms with Crippen molar-refractivity contribution < 1.29 is 23.9 Å². The Balaban J connectivity index is 1.62. The molecule has 4 aliphatic rings. The highest BCUT2D eigenvalue weighted by molar-refractivity contribution is 5.95. The predicted octanol–water partition coefficient (Wildman–Crippen LogP) is 4.97. The Morgan fingerprint density at radius 3 is 2.62 bits per heavy atom. The van der Waals surface area contributed by atoms with Gasteiger partial charge in [0.25, 0.3) is 0 Å². The van der Waals surface area contributed by atoms with Crippen molar-refractivity contribution in [2.24, 2.45) is 46.3 Å². The summed E-state index contributed by atoms with van der Waals surface area (Å²) in [5, 5.41) is 9.06. The quantitative estimate of drug-likeness (QED) is 0.718. The maximum atomic E-state index is 14.3. The van der Waals surface area contributed by atoms with Gasteiger partial charge < -0.3 is 5.11 Å². The second-order valence-corrected chi connectivity index (χ2v) is 10.7. The summed E-state index contributed by atoms with van der Waals surface area (Å²) in [6.45, 7) is 6.54. The van der Waals surface area contributed by atoms with E-state index in [0.717, 1.165) is 25.7 Å². The Labute approximate surface area is 172 Å². The zero-order valence-corrected chi connectivity index (χ0v) is 17.7. The Hall–Kier alpha value is -1.52. The van der Waals surface area contributed by atoms with Crippen LogP contribution >= 0.6 is 0 Å². The van der Waals surface area contributed by atoms with Crippen molar-refractivity contribution >= 4 is 17.5 Å². The van der Waals surface area contributed by atoms with E-state index in [9.17, 15) is 18.8 Å². The molecule has 3 saturated carbocycles. The van der Waals surface area contributed by atoms with Crippen molar-refractivity contribution in [3.8, 4) is 0 Å². The second kappa shape index (κ2) is 7.02. The number of ketones is 2. The van der Waals surface area contributed by atoms with Gasteiger partial charge in [0.1, 0.15) is 5.78 Å². The van der Waals surface area contributed by atoms with Crippen LogP contribution < -0.4 is 0 Å². The third kappa shape index (κ3) is 3.11. The van der Waals surface area contributed by atoms with Crippen LogP contribution in [-0.4, -0.2) is 22.6 Å². The average Bonchev–Trinajstić information content (AvgIpc) is 2.99. The fourth-order valence-corrected chi connectivity index (χ4v) is 7.91. The highest BCUT2D eigenvalue weighted by Gasteiger charge is 2.63. The zero-order chi connectivity index (χ0) is 21.1. The van der Waals surface area contributed by atoms with E-state index < -0.39 is 23.0 Å². The lowest BCUT2D eigenvalue weighted by molar-refractivity contribution is -0.150. The fraction of sp³-hybridized carbons (Fsp3) is 0.792. The second-order valence-electron chi connectivity index (χ2n) is 10.7. The predicted molar refractivity (Wildman–Crippen MR) is 107 cm³/mol. The Morgan fingerprint density at radius 2 is 1.93 bits per heavy atom. The van der Waals surface area contributed by atoms with Crippen LogP contribution in [0.25, 0.3) is 0 Å². The summed E-state index contributed by atoms with van der Waals surface area (Å²) in [6, 6.07) is 0. The van der Waals surface area contributed by atoms with Gasteiger partial charge in [0.05, 0.1) is 0 Å². The van der Waals surface area contributed by atoms with Gasteiger partial charge >= 0.3 is 5.97 Å². The van der Waals surface area contributed by atoms with Crippen LogP contribution in [-0.2, 0) is 14.4 Å². The molecule has 3 fully saturated rings. The van der Waals surface area contributed by atoms with Gasteiger partial charge in [-0.15, -0.1) is 0 Å². The smallest absolute Gasteiger partial charge is 0.303 e. The molecule has 0 spiro atoms. The molecular weight excluding hydrogens is 371 g/mol. The molecule has 0 saturated heterocycles. The number of carbonyl (C=O) groups is 3. The molecule has 0 unspecified atom stereocenters. The summed E-state index contributed by atoms with van der Waals surface area (Å²) in [6.07, 6.45) is 6.90. The number of hydrogen-bond donors (Lipinski definition) is 1. The first-order chi connectivity index (χ1) is 13.6. The number of aliphatic carboxylic acids is 1. The summed E-state index contributed by atoms with van der Waals surface area (Å²) in [5.74, 6) is -0.502. The Morgan fingerprint density at radius 1 is 1.21 bits per heavy atom. The van der Waals surface area contributed by atoms with Crippen molar-refractivity contribution in [2.45, 2.75) is 72.1 Å².